The van der Waals surface area contributed by atoms with Gasteiger partial charge in [0, 0.05) is 0 Å². The number of rotatable bonds is 5. The molecule has 0 aromatic rings. The summed E-state index contributed by atoms with van der Waals surface area (Å²) in [6, 6.07) is 0. The van der Waals surface area contributed by atoms with Gasteiger partial charge in [0.15, 0.2) is 0 Å². The Morgan fingerprint density at radius 1 is 1.50 bits per heavy atom. The summed E-state index contributed by atoms with van der Waals surface area (Å²) in [5.41, 5.74) is 0. The summed E-state index contributed by atoms with van der Waals surface area (Å²) in [5.74, 6) is 0. The molecular weight excluding hydrogens is 172 g/mol. The monoisotopic (exact) mass is 184 g/mol. The molecule has 3 nitrogen and oxygen atoms in total. The Bertz CT molecular complexity index is 162. The summed E-state index contributed by atoms with van der Waals surface area (Å²) in [4.78, 5) is 0. The van der Waals surface area contributed by atoms with Gasteiger partial charge >= 0.3 is 9.15 Å². The van der Waals surface area contributed by atoms with Gasteiger partial charge in [-0.25, -0.2) is 0 Å². The van der Waals surface area contributed by atoms with Crippen LogP contribution >= 0.6 is 10.8 Å². The van der Waals surface area contributed by atoms with Crippen molar-refractivity contribution in [3.05, 3.63) is 0 Å². The van der Waals surface area contributed by atoms with Gasteiger partial charge in [-0.1, -0.05) is 13.3 Å². The van der Waals surface area contributed by atoms with Crippen molar-refractivity contribution in [3.63, 3.8) is 0 Å². The molecule has 62 valence electrons. The Morgan fingerprint density at radius 3 is 2.50 bits per heavy atom. The molecule has 0 fully saturated rings. The van der Waals surface area contributed by atoms with Crippen molar-refractivity contribution in [2.24, 2.45) is 0 Å². The maximum Gasteiger partial charge on any atom is 0.321 e. The molecule has 0 unspecified atom stereocenters. The Balaban J connectivity index is 3.49. The van der Waals surface area contributed by atoms with Gasteiger partial charge in [-0.05, 0) is 23.5 Å². The van der Waals surface area contributed by atoms with Crippen molar-refractivity contribution < 1.29 is 12.6 Å². The minimum atomic E-state index is -3.28. The minimum absolute atomic E-state index is 0.305. The van der Waals surface area contributed by atoms with Crippen LogP contribution in [-0.2, 0) is 13.3 Å². The van der Waals surface area contributed by atoms with Gasteiger partial charge in [0.25, 0.3) is 0 Å². The topological polar surface area (TPSA) is 43.4 Å². The van der Waals surface area contributed by atoms with Crippen LogP contribution in [0.3, 0.4) is 0 Å². The predicted molar refractivity (Wildman–Crippen MR) is 43.3 cm³/mol. The zero-order chi connectivity index (χ0) is 8.04. The summed E-state index contributed by atoms with van der Waals surface area (Å²) in [5, 5.41) is 0. The molecule has 0 radical (unpaired) electrons. The van der Waals surface area contributed by atoms with Crippen LogP contribution in [0.15, 0.2) is 0 Å². The molecule has 0 atom stereocenters. The third-order valence-corrected chi connectivity index (χ3v) is 3.31. The first kappa shape index (κ1) is 10.3. The highest BCUT2D eigenvalue weighted by Gasteiger charge is 2.06. The Labute approximate surface area is 65.7 Å². The van der Waals surface area contributed by atoms with Crippen LogP contribution in [0.2, 0.25) is 0 Å². The van der Waals surface area contributed by atoms with Crippen molar-refractivity contribution in [3.8, 4) is 0 Å². The van der Waals surface area contributed by atoms with Crippen LogP contribution in [0, 0.1) is 0 Å². The molecule has 5 heteroatoms. The van der Waals surface area contributed by atoms with Crippen molar-refractivity contribution >= 4 is 19.9 Å². The highest BCUT2D eigenvalue weighted by Crippen LogP contribution is 2.09. The predicted octanol–water partition coefficient (Wildman–Crippen LogP) is 1.41. The molecule has 0 heterocycles. The Kier molecular flexibility index (Phi) is 5.11. The van der Waals surface area contributed by atoms with E-state index in [-0.39, 0.29) is 0 Å². The number of unbranched alkanes of at least 4 members (excludes halogenated alkanes) is 1. The molecule has 0 saturated carbocycles. The quantitative estimate of drug-likeness (QED) is 0.478. The fourth-order valence-electron chi connectivity index (χ4n) is 0.353. The van der Waals surface area contributed by atoms with E-state index < -0.39 is 9.15 Å². The van der Waals surface area contributed by atoms with Crippen LogP contribution in [0.25, 0.3) is 0 Å². The van der Waals surface area contributed by atoms with Gasteiger partial charge in [-0.2, -0.15) is 8.42 Å². The van der Waals surface area contributed by atoms with E-state index in [9.17, 15) is 8.42 Å². The van der Waals surface area contributed by atoms with E-state index in [0.29, 0.717) is 6.61 Å². The zero-order valence-corrected chi connectivity index (χ0v) is 7.80. The van der Waals surface area contributed by atoms with Gasteiger partial charge in [-0.3, -0.25) is 4.18 Å². The maximum absolute atomic E-state index is 10.6. The Hall–Kier alpha value is 0.260. The van der Waals surface area contributed by atoms with E-state index >= 15 is 0 Å². The van der Waals surface area contributed by atoms with Gasteiger partial charge in [0.2, 0.25) is 0 Å². The van der Waals surface area contributed by atoms with E-state index in [0.717, 1.165) is 23.6 Å². The molecule has 0 saturated heterocycles. The molecule has 0 spiro atoms. The molecule has 0 bridgehead atoms. The fourth-order valence-corrected chi connectivity index (χ4v) is 1.26. The summed E-state index contributed by atoms with van der Waals surface area (Å²) in [6.07, 6.45) is 3.23. The molecule has 0 aliphatic carbocycles. The lowest BCUT2D eigenvalue weighted by atomic mass is 10.4. The third kappa shape index (κ3) is 5.08. The molecule has 0 N–H and O–H groups in total. The molecular formula is C5H12O3S2. The van der Waals surface area contributed by atoms with Crippen LogP contribution in [0.5, 0.6) is 0 Å². The summed E-state index contributed by atoms with van der Waals surface area (Å²) in [6.45, 7) is 2.29. The second-order valence-electron chi connectivity index (χ2n) is 1.75. The highest BCUT2D eigenvalue weighted by atomic mass is 33.1. The average molecular weight is 184 g/mol. The standard InChI is InChI=1S/C5H12O3S2/c1-3-4-5-8-10(6,7)9-2/h3-5H2,1-2H3. The van der Waals surface area contributed by atoms with Crippen LogP contribution in [0.1, 0.15) is 19.8 Å². The largest absolute Gasteiger partial charge is 0.321 e. The van der Waals surface area contributed by atoms with Crippen LogP contribution in [-0.4, -0.2) is 21.3 Å². The highest BCUT2D eigenvalue weighted by molar-refractivity contribution is 8.70. The zero-order valence-electron chi connectivity index (χ0n) is 6.16. The first-order valence-electron chi connectivity index (χ1n) is 3.07. The summed E-state index contributed by atoms with van der Waals surface area (Å²) >= 11 is 0. The van der Waals surface area contributed by atoms with Gasteiger partial charge < -0.3 is 0 Å². The lowest BCUT2D eigenvalue weighted by Crippen LogP contribution is -2.00. The molecule has 0 rings (SSSR count). The SMILES string of the molecule is CCCCOS(=O)(=O)SC. The van der Waals surface area contributed by atoms with Crippen LogP contribution in [0.4, 0.5) is 0 Å². The normalized spacial score (nSPS) is 11.8. The molecule has 0 aliphatic rings. The minimum Gasteiger partial charge on any atom is -0.262 e. The van der Waals surface area contributed by atoms with Crippen molar-refractivity contribution in [2.75, 3.05) is 12.9 Å². The van der Waals surface area contributed by atoms with E-state index in [4.69, 9.17) is 0 Å². The maximum atomic E-state index is 10.6. The van der Waals surface area contributed by atoms with Gasteiger partial charge in [-0.15, -0.1) is 0 Å². The third-order valence-electron chi connectivity index (χ3n) is 0.930. The summed E-state index contributed by atoms with van der Waals surface area (Å²) < 4.78 is 25.8. The summed E-state index contributed by atoms with van der Waals surface area (Å²) in [7, 11) is -2.55. The Morgan fingerprint density at radius 2 is 2.10 bits per heavy atom. The average Bonchev–Trinajstić information content (AvgIpc) is 1.89. The first-order chi connectivity index (χ1) is 4.62. The van der Waals surface area contributed by atoms with E-state index in [1.165, 1.54) is 6.26 Å². The van der Waals surface area contributed by atoms with Crippen LogP contribution < -0.4 is 0 Å². The second-order valence-corrected chi connectivity index (χ2v) is 5.36. The lowest BCUT2D eigenvalue weighted by Gasteiger charge is -1.99. The van der Waals surface area contributed by atoms with E-state index in [1.807, 2.05) is 6.92 Å². The van der Waals surface area contributed by atoms with Gasteiger partial charge in [0.05, 0.1) is 6.61 Å². The van der Waals surface area contributed by atoms with Crippen molar-refractivity contribution in [1.82, 2.24) is 0 Å². The molecule has 0 aliphatic heterocycles. The smallest absolute Gasteiger partial charge is 0.262 e. The molecule has 0 amide bonds. The van der Waals surface area contributed by atoms with E-state index in [1.54, 1.807) is 0 Å². The van der Waals surface area contributed by atoms with Crippen molar-refractivity contribution in [1.29, 1.82) is 0 Å². The second kappa shape index (κ2) is 4.98. The molecule has 10 heavy (non-hydrogen) atoms. The number of hydrogen-bond acceptors (Lipinski definition) is 4. The molecule has 0 aromatic carbocycles. The fraction of sp³-hybridized carbons (Fsp3) is 1.00. The molecule has 0 aromatic heterocycles. The number of hydrogen-bond donors (Lipinski definition) is 0. The van der Waals surface area contributed by atoms with Crippen molar-refractivity contribution in [2.45, 2.75) is 19.8 Å². The lowest BCUT2D eigenvalue weighted by molar-refractivity contribution is 0.321. The van der Waals surface area contributed by atoms with Gasteiger partial charge in [0.1, 0.15) is 0 Å². The first-order valence-corrected chi connectivity index (χ1v) is 6.22. The van der Waals surface area contributed by atoms with E-state index in [2.05, 4.69) is 4.18 Å².